The maximum atomic E-state index is 8.50. The fourth-order valence-electron chi connectivity index (χ4n) is 5.46. The SMILES string of the molecule is Clc1ccnc(-c2[c-]cccc2)c1.OB(O)c1cncnc1.[Ir].[Ir].[c-]1ccccc1-c1cc(-c2cncnc2)ccn1.[c-]1ccccc1-c1ccccn1.[c-]1ccccc1-c1ccccn1. The third-order valence-electron chi connectivity index (χ3n) is 8.52. The Morgan fingerprint density at radius 3 is 1.17 bits per heavy atom. The molecule has 330 valence electrons. The maximum absolute atomic E-state index is 8.50. The molecule has 0 spiro atoms. The van der Waals surface area contributed by atoms with Crippen molar-refractivity contribution in [2.45, 2.75) is 0 Å². The van der Waals surface area contributed by atoms with Crippen LogP contribution < -0.4 is 5.46 Å². The maximum Gasteiger partial charge on any atom is 0.491 e. The average Bonchev–Trinajstić information content (AvgIpc) is 3.39. The number of aromatic nitrogens is 8. The number of pyridine rings is 4. The summed E-state index contributed by atoms with van der Waals surface area (Å²) < 4.78 is 0. The van der Waals surface area contributed by atoms with E-state index in [2.05, 4.69) is 64.1 Å². The Balaban J connectivity index is 0.000000182. The fraction of sp³-hybridized carbons (Fsp3) is 0. The van der Waals surface area contributed by atoms with Gasteiger partial charge in [0.2, 0.25) is 0 Å². The van der Waals surface area contributed by atoms with E-state index in [1.165, 1.54) is 25.0 Å². The van der Waals surface area contributed by atoms with Gasteiger partial charge in [0.05, 0.1) is 0 Å². The molecule has 0 saturated carbocycles. The van der Waals surface area contributed by atoms with Crippen molar-refractivity contribution in [1.82, 2.24) is 39.9 Å². The number of hydrogen-bond acceptors (Lipinski definition) is 10. The molecule has 6 heterocycles. The smallest absolute Gasteiger partial charge is 0.423 e. The van der Waals surface area contributed by atoms with E-state index in [0.717, 1.165) is 56.2 Å². The van der Waals surface area contributed by atoms with Crippen molar-refractivity contribution in [3.8, 4) is 56.2 Å². The van der Waals surface area contributed by atoms with Crippen LogP contribution in [0.4, 0.5) is 0 Å². The van der Waals surface area contributed by atoms with Crippen molar-refractivity contribution in [3.05, 3.63) is 249 Å². The molecule has 0 fully saturated rings. The van der Waals surface area contributed by atoms with E-state index in [9.17, 15) is 0 Å². The minimum atomic E-state index is -1.47. The number of nitrogens with zero attached hydrogens (tertiary/aromatic N) is 8. The summed E-state index contributed by atoms with van der Waals surface area (Å²) in [5.41, 5.74) is 10.1. The molecule has 10 rings (SSSR count). The molecule has 0 bridgehead atoms. The molecule has 0 aliphatic heterocycles. The van der Waals surface area contributed by atoms with Crippen LogP contribution in [-0.2, 0) is 40.2 Å². The molecule has 0 aliphatic carbocycles. The van der Waals surface area contributed by atoms with Crippen LogP contribution in [-0.4, -0.2) is 57.0 Å². The third-order valence-corrected chi connectivity index (χ3v) is 8.76. The zero-order valence-electron chi connectivity index (χ0n) is 34.9. The Morgan fingerprint density at radius 1 is 0.394 bits per heavy atom. The van der Waals surface area contributed by atoms with E-state index in [1.54, 1.807) is 43.2 Å². The van der Waals surface area contributed by atoms with Crippen molar-refractivity contribution in [1.29, 1.82) is 0 Å². The van der Waals surface area contributed by atoms with Crippen molar-refractivity contribution in [2.75, 3.05) is 0 Å². The Kier molecular flexibility index (Phi) is 23.3. The van der Waals surface area contributed by atoms with Crippen LogP contribution in [0.2, 0.25) is 5.02 Å². The van der Waals surface area contributed by atoms with E-state index < -0.39 is 7.12 Å². The molecule has 10 nitrogen and oxygen atoms in total. The Hall–Kier alpha value is -6.79. The second-order valence-corrected chi connectivity index (χ2v) is 13.4. The summed E-state index contributed by atoms with van der Waals surface area (Å²) in [5, 5.41) is 17.7. The molecule has 0 atom stereocenters. The molecule has 2 radical (unpaired) electrons. The number of benzene rings is 4. The van der Waals surface area contributed by atoms with Gasteiger partial charge in [-0.1, -0.05) is 48.0 Å². The van der Waals surface area contributed by atoms with E-state index in [4.69, 9.17) is 21.6 Å². The Labute approximate surface area is 416 Å². The van der Waals surface area contributed by atoms with Crippen molar-refractivity contribution >= 4 is 24.2 Å². The topological polar surface area (TPSA) is 144 Å². The summed E-state index contributed by atoms with van der Waals surface area (Å²) in [6, 6.07) is 62.9. The summed E-state index contributed by atoms with van der Waals surface area (Å²) in [6.45, 7) is 0. The molecular formula is C52H38BClIr2N8O2-4. The average molecular weight is 1240 g/mol. The van der Waals surface area contributed by atoms with Gasteiger partial charge in [-0.05, 0) is 52.6 Å². The van der Waals surface area contributed by atoms with Crippen molar-refractivity contribution < 1.29 is 50.3 Å². The zero-order valence-corrected chi connectivity index (χ0v) is 40.4. The zero-order chi connectivity index (χ0) is 44.4. The molecule has 0 amide bonds. The van der Waals surface area contributed by atoms with E-state index in [1.807, 2.05) is 152 Å². The summed E-state index contributed by atoms with van der Waals surface area (Å²) >= 11 is 5.84. The summed E-state index contributed by atoms with van der Waals surface area (Å²) in [4.78, 5) is 32.2. The summed E-state index contributed by atoms with van der Waals surface area (Å²) in [6.07, 6.45) is 16.2. The van der Waals surface area contributed by atoms with Gasteiger partial charge in [-0.15, -0.1) is 144 Å². The van der Waals surface area contributed by atoms with Gasteiger partial charge in [0, 0.05) is 106 Å². The standard InChI is InChI=1S/C15H10N3.C11H7ClN.2C11H8N.C4H5BN2O2.2Ir/c1-2-4-12(5-3-1)15-8-13(6-7-18-15)14-9-16-11-17-10-14;12-10-6-7-13-11(8-10)9-4-2-1-3-5-9;2*1-2-6-10(7-3-1)11-8-4-5-9-12-11;8-5(9)4-1-6-3-7-2-4;;/h1-4,6-11H;1-4,6-8H;2*1-6,8-9H;1-3,8-9H;;/q4*-1;;;. The number of rotatable bonds is 6. The van der Waals surface area contributed by atoms with Gasteiger partial charge in [-0.25, -0.2) is 19.9 Å². The molecule has 0 unspecified atom stereocenters. The van der Waals surface area contributed by atoms with Gasteiger partial charge >= 0.3 is 7.12 Å². The molecule has 0 saturated heterocycles. The van der Waals surface area contributed by atoms with Gasteiger partial charge in [0.15, 0.2) is 0 Å². The molecule has 6 aromatic heterocycles. The Morgan fingerprint density at radius 2 is 0.788 bits per heavy atom. The van der Waals surface area contributed by atoms with Gasteiger partial charge in [-0.2, -0.15) is 0 Å². The largest absolute Gasteiger partial charge is 0.491 e. The van der Waals surface area contributed by atoms with E-state index in [-0.39, 0.29) is 40.2 Å². The monoisotopic (exact) mass is 1240 g/mol. The first-order valence-corrected chi connectivity index (χ1v) is 20.1. The third kappa shape index (κ3) is 17.6. The molecule has 66 heavy (non-hydrogen) atoms. The molecule has 0 aliphatic rings. The van der Waals surface area contributed by atoms with E-state index >= 15 is 0 Å². The first kappa shape index (κ1) is 51.8. The molecule has 14 heteroatoms. The van der Waals surface area contributed by atoms with Gasteiger partial charge in [0.1, 0.15) is 12.7 Å². The summed E-state index contributed by atoms with van der Waals surface area (Å²) in [7, 11) is -1.47. The first-order valence-electron chi connectivity index (χ1n) is 19.7. The Bertz CT molecular complexity index is 2600. The number of hydrogen-bond donors (Lipinski definition) is 2. The quantitative estimate of drug-likeness (QED) is 0.122. The second kappa shape index (κ2) is 29.6. The van der Waals surface area contributed by atoms with Crippen LogP contribution in [0.1, 0.15) is 0 Å². The van der Waals surface area contributed by atoms with Crippen LogP contribution in [0.15, 0.2) is 220 Å². The van der Waals surface area contributed by atoms with Crippen LogP contribution in [0.25, 0.3) is 56.2 Å². The minimum Gasteiger partial charge on any atom is -0.423 e. The predicted octanol–water partition coefficient (Wildman–Crippen LogP) is 9.46. The molecule has 10 aromatic rings. The minimum absolute atomic E-state index is 0. The predicted molar refractivity (Wildman–Crippen MR) is 252 cm³/mol. The fourth-order valence-corrected chi connectivity index (χ4v) is 5.62. The van der Waals surface area contributed by atoms with Crippen LogP contribution in [0.3, 0.4) is 0 Å². The first-order chi connectivity index (χ1) is 31.5. The molecule has 2 N–H and O–H groups in total. The van der Waals surface area contributed by atoms with Crippen molar-refractivity contribution in [3.63, 3.8) is 0 Å². The molecule has 4 aromatic carbocycles. The van der Waals surface area contributed by atoms with Crippen LogP contribution in [0, 0.1) is 24.3 Å². The van der Waals surface area contributed by atoms with Crippen LogP contribution in [0.5, 0.6) is 0 Å². The normalized spacial score (nSPS) is 9.50. The second-order valence-electron chi connectivity index (χ2n) is 13.0. The van der Waals surface area contributed by atoms with Gasteiger partial charge in [-0.3, -0.25) is 0 Å². The molecular weight excluding hydrogens is 1200 g/mol. The van der Waals surface area contributed by atoms with Gasteiger partial charge < -0.3 is 30.0 Å². The van der Waals surface area contributed by atoms with Crippen molar-refractivity contribution in [2.24, 2.45) is 0 Å². The number of halogens is 1. The van der Waals surface area contributed by atoms with Crippen LogP contribution >= 0.6 is 11.6 Å². The van der Waals surface area contributed by atoms with Gasteiger partial charge in [0.25, 0.3) is 0 Å². The summed E-state index contributed by atoms with van der Waals surface area (Å²) in [5.74, 6) is 0. The van der Waals surface area contributed by atoms with E-state index in [0.29, 0.717) is 10.5 Å².